The summed E-state index contributed by atoms with van der Waals surface area (Å²) in [6.07, 6.45) is -4.20. The second kappa shape index (κ2) is 5.82. The molecule has 1 rings (SSSR count). The average Bonchev–Trinajstić information content (AvgIpc) is 2.22. The smallest absolute Gasteiger partial charge is 0.401 e. The molecule has 0 aliphatic carbocycles. The van der Waals surface area contributed by atoms with E-state index in [0.29, 0.717) is 11.1 Å². The number of rotatable bonds is 4. The van der Waals surface area contributed by atoms with Crippen LogP contribution < -0.4 is 0 Å². The number of halogens is 3. The molecule has 19 heavy (non-hydrogen) atoms. The molecular weight excluding hydrogens is 255 g/mol. The van der Waals surface area contributed by atoms with Gasteiger partial charge in [-0.15, -0.1) is 0 Å². The van der Waals surface area contributed by atoms with Crippen molar-refractivity contribution in [1.82, 2.24) is 4.90 Å². The van der Waals surface area contributed by atoms with Gasteiger partial charge in [0.15, 0.2) is 0 Å². The topological polar surface area (TPSA) is 23.5 Å². The number of phenols is 1. The van der Waals surface area contributed by atoms with Crippen molar-refractivity contribution in [1.29, 1.82) is 0 Å². The molecule has 0 saturated heterocycles. The zero-order valence-corrected chi connectivity index (χ0v) is 11.7. The van der Waals surface area contributed by atoms with Gasteiger partial charge < -0.3 is 5.11 Å². The van der Waals surface area contributed by atoms with Crippen LogP contribution in [0.3, 0.4) is 0 Å². The van der Waals surface area contributed by atoms with Gasteiger partial charge in [-0.3, -0.25) is 4.90 Å². The molecule has 2 nitrogen and oxygen atoms in total. The van der Waals surface area contributed by atoms with E-state index in [9.17, 15) is 18.3 Å². The van der Waals surface area contributed by atoms with Gasteiger partial charge in [-0.05, 0) is 44.4 Å². The molecular formula is C14H20F3NO. The molecule has 0 bridgehead atoms. The largest absolute Gasteiger partial charge is 0.507 e. The highest BCUT2D eigenvalue weighted by Gasteiger charge is 2.31. The summed E-state index contributed by atoms with van der Waals surface area (Å²) in [7, 11) is 0. The molecule has 5 heteroatoms. The predicted molar refractivity (Wildman–Crippen MR) is 69.2 cm³/mol. The van der Waals surface area contributed by atoms with Crippen molar-refractivity contribution >= 4 is 0 Å². The third kappa shape index (κ3) is 4.74. The Morgan fingerprint density at radius 3 is 2.00 bits per heavy atom. The lowest BCUT2D eigenvalue weighted by Crippen LogP contribution is -2.38. The van der Waals surface area contributed by atoms with Gasteiger partial charge in [-0.1, -0.05) is 12.1 Å². The molecule has 0 saturated carbocycles. The molecule has 0 aliphatic heterocycles. The summed E-state index contributed by atoms with van der Waals surface area (Å²) in [5, 5.41) is 9.67. The van der Waals surface area contributed by atoms with Crippen LogP contribution in [0.25, 0.3) is 0 Å². The highest BCUT2D eigenvalue weighted by molar-refractivity contribution is 5.42. The average molecular weight is 275 g/mol. The predicted octanol–water partition coefficient (Wildman–Crippen LogP) is 3.78. The summed E-state index contributed by atoms with van der Waals surface area (Å²) in [6.45, 7) is 6.27. The molecule has 0 aliphatic rings. The number of hydrogen-bond acceptors (Lipinski definition) is 2. The SMILES string of the molecule is Cc1cc(CN(CC(F)(F)F)C(C)C)cc(C)c1O. The van der Waals surface area contributed by atoms with Gasteiger partial charge in [0.05, 0.1) is 6.54 Å². The summed E-state index contributed by atoms with van der Waals surface area (Å²) >= 11 is 0. The van der Waals surface area contributed by atoms with Crippen LogP contribution in [0.15, 0.2) is 12.1 Å². The summed E-state index contributed by atoms with van der Waals surface area (Å²) in [5.74, 6) is 0.204. The van der Waals surface area contributed by atoms with Crippen molar-refractivity contribution in [3.8, 4) is 5.75 Å². The van der Waals surface area contributed by atoms with E-state index in [2.05, 4.69) is 0 Å². The first-order valence-corrected chi connectivity index (χ1v) is 6.20. The van der Waals surface area contributed by atoms with Crippen LogP contribution in [0.1, 0.15) is 30.5 Å². The number of alkyl halides is 3. The van der Waals surface area contributed by atoms with E-state index < -0.39 is 12.7 Å². The minimum absolute atomic E-state index is 0.198. The maximum Gasteiger partial charge on any atom is 0.401 e. The standard InChI is InChI=1S/C14H20F3NO/c1-9(2)18(8-14(15,16)17)7-12-5-10(3)13(19)11(4)6-12/h5-6,9,19H,7-8H2,1-4H3. The van der Waals surface area contributed by atoms with Crippen LogP contribution >= 0.6 is 0 Å². The van der Waals surface area contributed by atoms with E-state index >= 15 is 0 Å². The number of aryl methyl sites for hydroxylation is 2. The summed E-state index contributed by atoms with van der Waals surface area (Å²) in [6, 6.07) is 3.26. The molecule has 0 fully saturated rings. The Morgan fingerprint density at radius 1 is 1.16 bits per heavy atom. The molecule has 108 valence electrons. The lowest BCUT2D eigenvalue weighted by atomic mass is 10.0. The van der Waals surface area contributed by atoms with Gasteiger partial charge in [-0.2, -0.15) is 13.2 Å². The summed E-state index contributed by atoms with van der Waals surface area (Å²) in [4.78, 5) is 1.37. The summed E-state index contributed by atoms with van der Waals surface area (Å²) < 4.78 is 37.5. The molecule has 0 atom stereocenters. The van der Waals surface area contributed by atoms with E-state index in [1.807, 2.05) is 0 Å². The molecule has 0 aromatic heterocycles. The van der Waals surface area contributed by atoms with Crippen molar-refractivity contribution < 1.29 is 18.3 Å². The van der Waals surface area contributed by atoms with Crippen molar-refractivity contribution in [3.05, 3.63) is 28.8 Å². The summed E-state index contributed by atoms with van der Waals surface area (Å²) in [5.41, 5.74) is 2.15. The van der Waals surface area contributed by atoms with E-state index in [1.165, 1.54) is 4.90 Å². The van der Waals surface area contributed by atoms with Crippen LogP contribution in [0.5, 0.6) is 5.75 Å². The number of hydrogen-bond donors (Lipinski definition) is 1. The van der Waals surface area contributed by atoms with Crippen LogP contribution in [0.4, 0.5) is 13.2 Å². The van der Waals surface area contributed by atoms with Crippen LogP contribution in [-0.2, 0) is 6.54 Å². The molecule has 1 aromatic carbocycles. The Labute approximate surface area is 111 Å². The zero-order valence-electron chi connectivity index (χ0n) is 11.7. The van der Waals surface area contributed by atoms with Gasteiger partial charge in [0.2, 0.25) is 0 Å². The monoisotopic (exact) mass is 275 g/mol. The highest BCUT2D eigenvalue weighted by atomic mass is 19.4. The molecule has 1 aromatic rings. The van der Waals surface area contributed by atoms with E-state index in [4.69, 9.17) is 0 Å². The van der Waals surface area contributed by atoms with E-state index in [1.54, 1.807) is 39.8 Å². The van der Waals surface area contributed by atoms with Gasteiger partial charge in [0, 0.05) is 12.6 Å². The highest BCUT2D eigenvalue weighted by Crippen LogP contribution is 2.25. The fraction of sp³-hybridized carbons (Fsp3) is 0.571. The fourth-order valence-electron chi connectivity index (χ4n) is 2.02. The lowest BCUT2D eigenvalue weighted by molar-refractivity contribution is -0.150. The molecule has 0 heterocycles. The molecule has 1 N–H and O–H groups in total. The Kier molecular flexibility index (Phi) is 4.85. The van der Waals surface area contributed by atoms with Crippen LogP contribution in [0, 0.1) is 13.8 Å². The second-order valence-corrected chi connectivity index (χ2v) is 5.19. The van der Waals surface area contributed by atoms with Crippen molar-refractivity contribution in [2.24, 2.45) is 0 Å². The molecule has 0 radical (unpaired) electrons. The molecule has 0 spiro atoms. The third-order valence-corrected chi connectivity index (χ3v) is 3.05. The first kappa shape index (κ1) is 15.8. The van der Waals surface area contributed by atoms with Gasteiger partial charge in [-0.25, -0.2) is 0 Å². The van der Waals surface area contributed by atoms with Crippen LogP contribution in [0.2, 0.25) is 0 Å². The van der Waals surface area contributed by atoms with Gasteiger partial charge in [0.25, 0.3) is 0 Å². The van der Waals surface area contributed by atoms with E-state index in [0.717, 1.165) is 5.56 Å². The number of benzene rings is 1. The van der Waals surface area contributed by atoms with Crippen molar-refractivity contribution in [3.63, 3.8) is 0 Å². The Balaban J connectivity index is 2.91. The van der Waals surface area contributed by atoms with Crippen molar-refractivity contribution in [2.75, 3.05) is 6.54 Å². The van der Waals surface area contributed by atoms with E-state index in [-0.39, 0.29) is 18.3 Å². The molecule has 0 amide bonds. The third-order valence-electron chi connectivity index (χ3n) is 3.05. The Bertz CT molecular complexity index is 418. The Hall–Kier alpha value is -1.23. The van der Waals surface area contributed by atoms with Crippen molar-refractivity contribution in [2.45, 2.75) is 46.5 Å². The normalized spacial score (nSPS) is 12.5. The first-order valence-electron chi connectivity index (χ1n) is 6.20. The Morgan fingerprint density at radius 2 is 1.63 bits per heavy atom. The van der Waals surface area contributed by atoms with Gasteiger partial charge in [0.1, 0.15) is 5.75 Å². The quantitative estimate of drug-likeness (QED) is 0.904. The minimum atomic E-state index is -4.20. The zero-order chi connectivity index (χ0) is 14.8. The minimum Gasteiger partial charge on any atom is -0.507 e. The second-order valence-electron chi connectivity index (χ2n) is 5.19. The number of nitrogens with zero attached hydrogens (tertiary/aromatic N) is 1. The van der Waals surface area contributed by atoms with Crippen LogP contribution in [-0.4, -0.2) is 28.8 Å². The first-order chi connectivity index (χ1) is 8.60. The fourth-order valence-corrected chi connectivity index (χ4v) is 2.02. The lowest BCUT2D eigenvalue weighted by Gasteiger charge is -2.27. The number of phenolic OH excluding ortho intramolecular Hbond substituents is 1. The van der Waals surface area contributed by atoms with Gasteiger partial charge >= 0.3 is 6.18 Å². The number of aromatic hydroxyl groups is 1. The maximum atomic E-state index is 12.5. The maximum absolute atomic E-state index is 12.5. The molecule has 0 unspecified atom stereocenters.